The highest BCUT2D eigenvalue weighted by Gasteiger charge is 2.53. The van der Waals surface area contributed by atoms with E-state index in [4.69, 9.17) is 0 Å². The van der Waals surface area contributed by atoms with E-state index < -0.39 is 10.0 Å². The third-order valence-electron chi connectivity index (χ3n) is 8.60. The second-order valence-electron chi connectivity index (χ2n) is 10.7. The van der Waals surface area contributed by atoms with Gasteiger partial charge in [-0.1, -0.05) is 6.07 Å². The van der Waals surface area contributed by atoms with Crippen molar-refractivity contribution in [1.82, 2.24) is 9.19 Å². The van der Waals surface area contributed by atoms with Crippen LogP contribution in [0.4, 0.5) is 0 Å². The Labute approximate surface area is 181 Å². The van der Waals surface area contributed by atoms with Gasteiger partial charge in [-0.2, -0.15) is 17.6 Å². The molecule has 0 unspecified atom stereocenters. The maximum absolute atomic E-state index is 13.9. The van der Waals surface area contributed by atoms with Gasteiger partial charge < -0.3 is 0 Å². The third-order valence-corrected chi connectivity index (χ3v) is 10.5. The van der Waals surface area contributed by atoms with Crippen LogP contribution in [0.3, 0.4) is 0 Å². The van der Waals surface area contributed by atoms with Crippen molar-refractivity contribution in [3.63, 3.8) is 0 Å². The lowest BCUT2D eigenvalue weighted by Crippen LogP contribution is -2.49. The van der Waals surface area contributed by atoms with Gasteiger partial charge in [0.1, 0.15) is 0 Å². The fourth-order valence-electron chi connectivity index (χ4n) is 7.69. The van der Waals surface area contributed by atoms with Crippen molar-refractivity contribution in [1.29, 1.82) is 0 Å². The molecule has 0 aliphatic heterocycles. The molecule has 4 bridgehead atoms. The van der Waals surface area contributed by atoms with Crippen molar-refractivity contribution >= 4 is 10.0 Å². The lowest BCUT2D eigenvalue weighted by atomic mass is 9.48. The topological polar surface area (TPSA) is 52.0 Å². The normalized spacial score (nSPS) is 30.3. The standard InChI is InChI=1S/C25H34N2O2S/c1-14-7-15(2)17(4)24(16(14)3)30(28,29)27-19(6)23(18(5)26-27)25-11-20-8-21(12-25)10-22(9-20)13-25/h7,20-22H,8-13H2,1-6H3. The first-order chi connectivity index (χ1) is 14.0. The highest BCUT2D eigenvalue weighted by Crippen LogP contribution is 2.61. The van der Waals surface area contributed by atoms with Crippen molar-refractivity contribution in [2.45, 2.75) is 90.4 Å². The Morgan fingerprint density at radius 1 is 0.867 bits per heavy atom. The van der Waals surface area contributed by atoms with E-state index in [-0.39, 0.29) is 5.41 Å². The molecule has 4 saturated carbocycles. The smallest absolute Gasteiger partial charge is 0.199 e. The average molecular weight is 427 g/mol. The monoisotopic (exact) mass is 426 g/mol. The summed E-state index contributed by atoms with van der Waals surface area (Å²) in [4.78, 5) is 0.433. The van der Waals surface area contributed by atoms with E-state index in [0.717, 1.165) is 51.4 Å². The zero-order chi connectivity index (χ0) is 21.6. The number of hydrogen-bond donors (Lipinski definition) is 0. The summed E-state index contributed by atoms with van der Waals surface area (Å²) >= 11 is 0. The first-order valence-electron chi connectivity index (χ1n) is 11.4. The minimum atomic E-state index is -3.74. The maximum Gasteiger partial charge on any atom is 0.283 e. The van der Waals surface area contributed by atoms with Gasteiger partial charge in [0.05, 0.1) is 16.3 Å². The highest BCUT2D eigenvalue weighted by molar-refractivity contribution is 7.90. The molecule has 0 atom stereocenters. The summed E-state index contributed by atoms with van der Waals surface area (Å²) in [6.07, 6.45) is 7.79. The van der Waals surface area contributed by atoms with E-state index in [1.165, 1.54) is 48.2 Å². The van der Waals surface area contributed by atoms with E-state index in [0.29, 0.717) is 4.90 Å². The largest absolute Gasteiger partial charge is 0.283 e. The van der Waals surface area contributed by atoms with Gasteiger partial charge in [-0.05, 0) is 125 Å². The SMILES string of the molecule is Cc1cc(C)c(C)c(S(=O)(=O)n2nc(C)c(C34CC5CC(CC(C5)C3)C4)c2C)c1C. The fourth-order valence-corrected chi connectivity index (χ4v) is 9.64. The summed E-state index contributed by atoms with van der Waals surface area (Å²) in [5.74, 6) is 2.46. The first-order valence-corrected chi connectivity index (χ1v) is 12.9. The number of rotatable bonds is 3. The summed E-state index contributed by atoms with van der Waals surface area (Å²) in [6.45, 7) is 11.8. The molecule has 162 valence electrons. The van der Waals surface area contributed by atoms with Crippen molar-refractivity contribution in [3.05, 3.63) is 45.3 Å². The van der Waals surface area contributed by atoms with E-state index in [1.807, 2.05) is 41.5 Å². The van der Waals surface area contributed by atoms with Crippen LogP contribution >= 0.6 is 0 Å². The van der Waals surface area contributed by atoms with Crippen LogP contribution in [0.1, 0.15) is 77.7 Å². The van der Waals surface area contributed by atoms with Crippen molar-refractivity contribution in [3.8, 4) is 0 Å². The van der Waals surface area contributed by atoms with Crippen LogP contribution in [0.25, 0.3) is 0 Å². The highest BCUT2D eigenvalue weighted by atomic mass is 32.2. The van der Waals surface area contributed by atoms with Gasteiger partial charge in [0.15, 0.2) is 0 Å². The molecule has 1 aromatic heterocycles. The van der Waals surface area contributed by atoms with E-state index in [2.05, 4.69) is 11.2 Å². The zero-order valence-electron chi connectivity index (χ0n) is 19.2. The van der Waals surface area contributed by atoms with Gasteiger partial charge in [0, 0.05) is 5.56 Å². The van der Waals surface area contributed by atoms with Gasteiger partial charge >= 0.3 is 0 Å². The molecule has 5 heteroatoms. The zero-order valence-corrected chi connectivity index (χ0v) is 20.0. The molecular weight excluding hydrogens is 392 g/mol. The second-order valence-corrected chi connectivity index (χ2v) is 12.4. The molecule has 1 heterocycles. The van der Waals surface area contributed by atoms with Crippen LogP contribution in [-0.4, -0.2) is 17.6 Å². The molecular formula is C25H34N2O2S. The van der Waals surface area contributed by atoms with Crippen LogP contribution in [0.2, 0.25) is 0 Å². The first kappa shape index (κ1) is 20.3. The molecule has 0 amide bonds. The van der Waals surface area contributed by atoms with Crippen molar-refractivity contribution < 1.29 is 8.42 Å². The van der Waals surface area contributed by atoms with Crippen LogP contribution in [-0.2, 0) is 15.4 Å². The molecule has 0 N–H and O–H groups in total. The predicted octanol–water partition coefficient (Wildman–Crippen LogP) is 5.44. The molecule has 0 spiro atoms. The third kappa shape index (κ3) is 2.70. The van der Waals surface area contributed by atoms with Crippen LogP contribution in [0, 0.1) is 59.3 Å². The summed E-state index contributed by atoms with van der Waals surface area (Å²) in [5.41, 5.74) is 6.83. The van der Waals surface area contributed by atoms with E-state index in [1.54, 1.807) is 0 Å². The van der Waals surface area contributed by atoms with Crippen LogP contribution < -0.4 is 0 Å². The Morgan fingerprint density at radius 2 is 1.33 bits per heavy atom. The number of hydrogen-bond acceptors (Lipinski definition) is 3. The Morgan fingerprint density at radius 3 is 1.80 bits per heavy atom. The summed E-state index contributed by atoms with van der Waals surface area (Å²) in [7, 11) is -3.74. The van der Waals surface area contributed by atoms with Crippen molar-refractivity contribution in [2.75, 3.05) is 0 Å². The Hall–Kier alpha value is -1.62. The summed E-state index contributed by atoms with van der Waals surface area (Å²) in [5, 5.41) is 4.69. The average Bonchev–Trinajstić information content (AvgIpc) is 2.94. The Balaban J connectivity index is 1.67. The number of benzene rings is 1. The minimum Gasteiger partial charge on any atom is -0.199 e. The molecule has 1 aromatic carbocycles. The minimum absolute atomic E-state index is 0.142. The molecule has 6 rings (SSSR count). The number of aromatic nitrogens is 2. The summed E-state index contributed by atoms with van der Waals surface area (Å²) < 4.78 is 29.2. The van der Waals surface area contributed by atoms with E-state index in [9.17, 15) is 8.42 Å². The number of aryl methyl sites for hydroxylation is 3. The van der Waals surface area contributed by atoms with E-state index >= 15 is 0 Å². The van der Waals surface area contributed by atoms with Gasteiger partial charge in [0.2, 0.25) is 0 Å². The Kier molecular flexibility index (Phi) is 4.36. The molecule has 4 aliphatic rings. The van der Waals surface area contributed by atoms with Gasteiger partial charge in [-0.25, -0.2) is 0 Å². The molecule has 4 aliphatic carbocycles. The second kappa shape index (κ2) is 6.44. The Bertz CT molecular complexity index is 1100. The van der Waals surface area contributed by atoms with Crippen LogP contribution in [0.5, 0.6) is 0 Å². The molecule has 4 nitrogen and oxygen atoms in total. The maximum atomic E-state index is 13.9. The quantitative estimate of drug-likeness (QED) is 0.657. The fraction of sp³-hybridized carbons (Fsp3) is 0.640. The number of nitrogens with zero attached hydrogens (tertiary/aromatic N) is 2. The van der Waals surface area contributed by atoms with Gasteiger partial charge in [-0.3, -0.25) is 0 Å². The molecule has 0 saturated heterocycles. The molecule has 30 heavy (non-hydrogen) atoms. The van der Waals surface area contributed by atoms with Gasteiger partial charge in [0.25, 0.3) is 10.0 Å². The molecule has 0 radical (unpaired) electrons. The molecule has 4 fully saturated rings. The lowest BCUT2D eigenvalue weighted by Gasteiger charge is -2.57. The predicted molar refractivity (Wildman–Crippen MR) is 120 cm³/mol. The lowest BCUT2D eigenvalue weighted by molar-refractivity contribution is -0.00574. The van der Waals surface area contributed by atoms with Crippen LogP contribution in [0.15, 0.2) is 11.0 Å². The summed E-state index contributed by atoms with van der Waals surface area (Å²) in [6, 6.07) is 2.08. The van der Waals surface area contributed by atoms with Gasteiger partial charge in [-0.15, -0.1) is 0 Å². The van der Waals surface area contributed by atoms with Crippen molar-refractivity contribution in [2.24, 2.45) is 17.8 Å². The molecule has 2 aromatic rings.